The van der Waals surface area contributed by atoms with Crippen molar-refractivity contribution in [1.82, 2.24) is 5.32 Å². The smallest absolute Gasteiger partial charge is 0.159 e. The van der Waals surface area contributed by atoms with Gasteiger partial charge >= 0.3 is 0 Å². The fraction of sp³-hybridized carbons (Fsp3) is 0.536. The molecule has 5 rings (SSSR count). The van der Waals surface area contributed by atoms with Crippen molar-refractivity contribution in [2.75, 3.05) is 21.3 Å². The third-order valence-electron chi connectivity index (χ3n) is 7.43. The highest BCUT2D eigenvalue weighted by atomic mass is 32.2. The maximum Gasteiger partial charge on any atom is 0.159 e. The molecule has 1 saturated heterocycles. The van der Waals surface area contributed by atoms with Crippen molar-refractivity contribution in [3.63, 3.8) is 0 Å². The zero-order valence-electron chi connectivity index (χ0n) is 21.6. The van der Waals surface area contributed by atoms with Gasteiger partial charge in [0.25, 0.3) is 0 Å². The summed E-state index contributed by atoms with van der Waals surface area (Å²) in [4.78, 5) is 4.88. The normalized spacial score (nSPS) is 28.4. The summed E-state index contributed by atoms with van der Waals surface area (Å²) in [6.07, 6.45) is 1.91. The van der Waals surface area contributed by atoms with E-state index < -0.39 is 23.9 Å². The predicted octanol–water partition coefficient (Wildman–Crippen LogP) is 3.90. The molecule has 0 bridgehead atoms. The number of thioether (sulfide) groups is 1. The first-order valence-corrected chi connectivity index (χ1v) is 13.7. The predicted molar refractivity (Wildman–Crippen MR) is 143 cm³/mol. The monoisotopic (exact) mass is 528 g/mol. The van der Waals surface area contributed by atoms with E-state index in [1.165, 1.54) is 0 Å². The lowest BCUT2D eigenvalue weighted by atomic mass is 9.84. The van der Waals surface area contributed by atoms with Gasteiger partial charge in [-0.25, -0.2) is 0 Å². The molecule has 3 aliphatic rings. The molecule has 2 heterocycles. The van der Waals surface area contributed by atoms with Gasteiger partial charge in [0.05, 0.1) is 33.0 Å². The fourth-order valence-corrected chi connectivity index (χ4v) is 6.41. The summed E-state index contributed by atoms with van der Waals surface area (Å²) in [7, 11) is 5.16. The van der Waals surface area contributed by atoms with E-state index in [0.717, 1.165) is 40.6 Å². The Hall–Kier alpha value is -2.30. The highest BCUT2D eigenvalue weighted by Crippen LogP contribution is 2.45. The van der Waals surface area contributed by atoms with E-state index in [-0.39, 0.29) is 11.5 Å². The number of hydrogen-bond donors (Lipinski definition) is 2. The van der Waals surface area contributed by atoms with Crippen LogP contribution in [0.4, 0.5) is 0 Å². The van der Waals surface area contributed by atoms with E-state index in [2.05, 4.69) is 5.32 Å². The minimum Gasteiger partial charge on any atom is -0.497 e. The lowest BCUT2D eigenvalue weighted by Gasteiger charge is -2.47. The van der Waals surface area contributed by atoms with Crippen LogP contribution < -0.4 is 14.8 Å². The molecule has 0 aromatic heterocycles. The van der Waals surface area contributed by atoms with Gasteiger partial charge in [-0.2, -0.15) is 0 Å². The Morgan fingerprint density at radius 3 is 1.97 bits per heavy atom. The zero-order chi connectivity index (χ0) is 25.8. The number of rotatable bonds is 9. The lowest BCUT2D eigenvalue weighted by Crippen LogP contribution is -2.63. The molecule has 2 aromatic carbocycles. The molecule has 1 aliphatic carbocycles. The van der Waals surface area contributed by atoms with E-state index in [9.17, 15) is 5.11 Å². The molecule has 0 radical (unpaired) electrons. The van der Waals surface area contributed by atoms with Crippen LogP contribution in [-0.4, -0.2) is 66.9 Å². The Labute approximate surface area is 222 Å². The standard InChI is InChI=1S/C28H36N2O6S/c1-29-27-30-22-23(34-16-18-6-10-20(32-2)11-7-18)24(35-17-19-8-12-21(33-3)13-9-19)25(36-26(22)37-27)28(31)14-4-5-15-28/h6-13,22-26,31H,4-5,14-17H2,1-3H3,(H,29,30)/t22-,23-,24+,25+,26-/m1/s1. The van der Waals surface area contributed by atoms with Crippen LogP contribution in [0.15, 0.2) is 53.5 Å². The summed E-state index contributed by atoms with van der Waals surface area (Å²) in [6.45, 7) is 0.751. The largest absolute Gasteiger partial charge is 0.497 e. The zero-order valence-corrected chi connectivity index (χ0v) is 22.4. The summed E-state index contributed by atoms with van der Waals surface area (Å²) in [5, 5.41) is 15.7. The second-order valence-electron chi connectivity index (χ2n) is 9.78. The molecule has 0 amide bonds. The number of fused-ring (bicyclic) bond motifs is 1. The average Bonchev–Trinajstić information content (AvgIpc) is 3.57. The van der Waals surface area contributed by atoms with E-state index in [1.807, 2.05) is 55.6 Å². The minimum absolute atomic E-state index is 0.251. The Balaban J connectivity index is 1.42. The van der Waals surface area contributed by atoms with Crippen molar-refractivity contribution >= 4 is 16.9 Å². The summed E-state index contributed by atoms with van der Waals surface area (Å²) in [5.74, 6) is 1.60. The number of benzene rings is 2. The maximum atomic E-state index is 11.7. The first-order chi connectivity index (χ1) is 18.0. The molecule has 2 fully saturated rings. The molecule has 0 spiro atoms. The summed E-state index contributed by atoms with van der Waals surface area (Å²) in [6, 6.07) is 15.4. The van der Waals surface area contributed by atoms with Gasteiger partial charge in [-0.15, -0.1) is 0 Å². The molecule has 2 aliphatic heterocycles. The van der Waals surface area contributed by atoms with E-state index >= 15 is 0 Å². The van der Waals surface area contributed by atoms with E-state index in [0.29, 0.717) is 26.1 Å². The highest BCUT2D eigenvalue weighted by molar-refractivity contribution is 8.14. The molecule has 200 valence electrons. The Kier molecular flexibility index (Phi) is 8.26. The van der Waals surface area contributed by atoms with Crippen molar-refractivity contribution in [3.8, 4) is 11.5 Å². The Morgan fingerprint density at radius 2 is 1.46 bits per heavy atom. The van der Waals surface area contributed by atoms with Crippen molar-refractivity contribution in [1.29, 1.82) is 0 Å². The molecule has 8 nitrogen and oxygen atoms in total. The molecular formula is C28H36N2O6S. The quantitative estimate of drug-likeness (QED) is 0.507. The van der Waals surface area contributed by atoms with E-state index in [4.69, 9.17) is 28.7 Å². The number of ether oxygens (including phenoxy) is 5. The van der Waals surface area contributed by atoms with Crippen LogP contribution in [0.1, 0.15) is 36.8 Å². The third kappa shape index (κ3) is 5.76. The number of aliphatic hydroxyl groups is 1. The third-order valence-corrected chi connectivity index (χ3v) is 8.58. The molecule has 0 unspecified atom stereocenters. The number of nitrogens with zero attached hydrogens (tertiary/aromatic N) is 1. The topological polar surface area (TPSA) is 90.8 Å². The molecule has 5 atom stereocenters. The van der Waals surface area contributed by atoms with Crippen LogP contribution in [0.25, 0.3) is 0 Å². The first kappa shape index (κ1) is 26.3. The number of aliphatic imine (C=N–C) groups is 1. The van der Waals surface area contributed by atoms with Gasteiger partial charge in [0.2, 0.25) is 0 Å². The van der Waals surface area contributed by atoms with Gasteiger partial charge in [-0.3, -0.25) is 4.99 Å². The molecule has 9 heteroatoms. The Morgan fingerprint density at radius 1 is 0.919 bits per heavy atom. The molecule has 1 saturated carbocycles. The Bertz CT molecular complexity index is 1060. The SMILES string of the molecule is CNC1=N[C@@H]2[C@@H](OCc3ccc(OC)cc3)[C@H](OCc3ccc(OC)cc3)[C@@H](C3(O)CCCC3)O[C@@H]2S1. The van der Waals surface area contributed by atoms with Crippen LogP contribution in [0, 0.1) is 0 Å². The van der Waals surface area contributed by atoms with Crippen molar-refractivity contribution in [2.24, 2.45) is 4.99 Å². The van der Waals surface area contributed by atoms with Gasteiger partial charge in [-0.05, 0) is 48.2 Å². The number of hydrogen-bond acceptors (Lipinski definition) is 9. The fourth-order valence-electron chi connectivity index (χ4n) is 5.36. The number of nitrogens with one attached hydrogen (secondary N) is 1. The van der Waals surface area contributed by atoms with Crippen LogP contribution in [-0.2, 0) is 27.4 Å². The molecule has 37 heavy (non-hydrogen) atoms. The van der Waals surface area contributed by atoms with Gasteiger partial charge in [-0.1, -0.05) is 48.9 Å². The first-order valence-electron chi connectivity index (χ1n) is 12.8. The van der Waals surface area contributed by atoms with Crippen LogP contribution in [0.2, 0.25) is 0 Å². The van der Waals surface area contributed by atoms with Crippen LogP contribution in [0.5, 0.6) is 11.5 Å². The van der Waals surface area contributed by atoms with Crippen molar-refractivity contribution in [3.05, 3.63) is 59.7 Å². The van der Waals surface area contributed by atoms with E-state index in [1.54, 1.807) is 26.0 Å². The number of methoxy groups -OCH3 is 2. The maximum absolute atomic E-state index is 11.7. The average molecular weight is 529 g/mol. The summed E-state index contributed by atoms with van der Waals surface area (Å²) >= 11 is 1.55. The van der Waals surface area contributed by atoms with Gasteiger partial charge < -0.3 is 34.1 Å². The number of amidine groups is 1. The lowest BCUT2D eigenvalue weighted by molar-refractivity contribution is -0.243. The van der Waals surface area contributed by atoms with Gasteiger partial charge in [0.15, 0.2) is 5.17 Å². The summed E-state index contributed by atoms with van der Waals surface area (Å²) in [5.41, 5.74) is 0.825. The molecule has 2 N–H and O–H groups in total. The minimum atomic E-state index is -0.958. The second-order valence-corrected chi connectivity index (χ2v) is 10.9. The van der Waals surface area contributed by atoms with Crippen LogP contribution >= 0.6 is 11.8 Å². The summed E-state index contributed by atoms with van der Waals surface area (Å²) < 4.78 is 30.4. The van der Waals surface area contributed by atoms with Gasteiger partial charge in [0, 0.05) is 7.05 Å². The van der Waals surface area contributed by atoms with Crippen LogP contribution in [0.3, 0.4) is 0 Å². The van der Waals surface area contributed by atoms with Crippen molar-refractivity contribution < 1.29 is 28.8 Å². The van der Waals surface area contributed by atoms with Gasteiger partial charge in [0.1, 0.15) is 41.3 Å². The molecular weight excluding hydrogens is 492 g/mol. The molecule has 2 aromatic rings. The highest BCUT2D eigenvalue weighted by Gasteiger charge is 2.57. The second kappa shape index (κ2) is 11.6. The van der Waals surface area contributed by atoms with Crippen molar-refractivity contribution in [2.45, 2.75) is 74.3 Å².